The van der Waals surface area contributed by atoms with Crippen LogP contribution in [0.3, 0.4) is 0 Å². The summed E-state index contributed by atoms with van der Waals surface area (Å²) >= 11 is 0. The molecule has 0 saturated carbocycles. The van der Waals surface area contributed by atoms with Crippen molar-refractivity contribution >= 4 is 0 Å². The Labute approximate surface area is 76.3 Å². The third kappa shape index (κ3) is 6.62. The average molecular weight is 174 g/mol. The van der Waals surface area contributed by atoms with Gasteiger partial charge in [0, 0.05) is 14.2 Å². The third-order valence-electron chi connectivity index (χ3n) is 2.28. The van der Waals surface area contributed by atoms with Crippen LogP contribution in [0, 0.1) is 0 Å². The van der Waals surface area contributed by atoms with Gasteiger partial charge in [-0.1, -0.05) is 12.8 Å². The number of rotatable bonds is 7. The van der Waals surface area contributed by atoms with Crippen molar-refractivity contribution in [1.82, 2.24) is 0 Å². The number of ether oxygens (including phenoxy) is 2. The van der Waals surface area contributed by atoms with Crippen molar-refractivity contribution in [3.05, 3.63) is 0 Å². The van der Waals surface area contributed by atoms with Crippen LogP contribution in [0.1, 0.15) is 39.5 Å². The second-order valence-electron chi connectivity index (χ2n) is 3.38. The van der Waals surface area contributed by atoms with Gasteiger partial charge in [-0.05, 0) is 26.7 Å². The smallest absolute Gasteiger partial charge is 0.0543 e. The molecule has 0 spiro atoms. The van der Waals surface area contributed by atoms with E-state index < -0.39 is 0 Å². The topological polar surface area (TPSA) is 18.5 Å². The lowest BCUT2D eigenvalue weighted by Crippen LogP contribution is -2.06. The van der Waals surface area contributed by atoms with Crippen LogP contribution < -0.4 is 0 Å². The molecule has 0 aliphatic rings. The van der Waals surface area contributed by atoms with Crippen LogP contribution in [0.15, 0.2) is 0 Å². The van der Waals surface area contributed by atoms with Crippen molar-refractivity contribution in [2.45, 2.75) is 51.7 Å². The first-order chi connectivity index (χ1) is 5.70. The molecule has 0 aromatic carbocycles. The first-order valence-corrected chi connectivity index (χ1v) is 4.76. The molecule has 2 heteroatoms. The largest absolute Gasteiger partial charge is 0.382 e. The third-order valence-corrected chi connectivity index (χ3v) is 2.28. The minimum absolute atomic E-state index is 0.405. The lowest BCUT2D eigenvalue weighted by Gasteiger charge is -2.11. The molecule has 0 aliphatic heterocycles. The molecule has 12 heavy (non-hydrogen) atoms. The number of hydrogen-bond donors (Lipinski definition) is 0. The standard InChI is InChI=1S/C10H22O2/c1-9(11-3)7-5-6-8-10(2)12-4/h9-10H,5-8H2,1-4H3. The van der Waals surface area contributed by atoms with E-state index in [1.54, 1.807) is 14.2 Å². The van der Waals surface area contributed by atoms with Gasteiger partial charge >= 0.3 is 0 Å². The number of unbranched alkanes of at least 4 members (excludes halogenated alkanes) is 1. The van der Waals surface area contributed by atoms with Crippen molar-refractivity contribution in [3.8, 4) is 0 Å². The van der Waals surface area contributed by atoms with Gasteiger partial charge in [0.05, 0.1) is 12.2 Å². The number of hydrogen-bond acceptors (Lipinski definition) is 2. The van der Waals surface area contributed by atoms with Gasteiger partial charge in [0.1, 0.15) is 0 Å². The van der Waals surface area contributed by atoms with Gasteiger partial charge in [-0.2, -0.15) is 0 Å². The van der Waals surface area contributed by atoms with E-state index in [4.69, 9.17) is 9.47 Å². The first-order valence-electron chi connectivity index (χ1n) is 4.76. The molecular weight excluding hydrogens is 152 g/mol. The SMILES string of the molecule is COC(C)CCCCC(C)OC. The summed E-state index contributed by atoms with van der Waals surface area (Å²) in [5.74, 6) is 0. The van der Waals surface area contributed by atoms with Gasteiger partial charge < -0.3 is 9.47 Å². The molecule has 2 nitrogen and oxygen atoms in total. The molecule has 0 aliphatic carbocycles. The van der Waals surface area contributed by atoms with Crippen LogP contribution in [-0.4, -0.2) is 26.4 Å². The highest BCUT2D eigenvalue weighted by Gasteiger charge is 2.01. The van der Waals surface area contributed by atoms with E-state index in [0.717, 1.165) is 12.8 Å². The van der Waals surface area contributed by atoms with Gasteiger partial charge in [-0.25, -0.2) is 0 Å². The van der Waals surface area contributed by atoms with Crippen LogP contribution in [0.4, 0.5) is 0 Å². The molecule has 2 unspecified atom stereocenters. The molecular formula is C10H22O2. The van der Waals surface area contributed by atoms with E-state index in [9.17, 15) is 0 Å². The van der Waals surface area contributed by atoms with Crippen molar-refractivity contribution < 1.29 is 9.47 Å². The first kappa shape index (κ1) is 11.9. The van der Waals surface area contributed by atoms with Crippen molar-refractivity contribution in [2.75, 3.05) is 14.2 Å². The molecule has 2 atom stereocenters. The van der Waals surface area contributed by atoms with Crippen LogP contribution in [-0.2, 0) is 9.47 Å². The fraction of sp³-hybridized carbons (Fsp3) is 1.00. The van der Waals surface area contributed by atoms with E-state index in [1.165, 1.54) is 12.8 Å². The van der Waals surface area contributed by atoms with E-state index in [2.05, 4.69) is 13.8 Å². The minimum Gasteiger partial charge on any atom is -0.382 e. The lowest BCUT2D eigenvalue weighted by atomic mass is 10.1. The second kappa shape index (κ2) is 7.56. The monoisotopic (exact) mass is 174 g/mol. The molecule has 0 aromatic heterocycles. The normalized spacial score (nSPS) is 16.0. The van der Waals surface area contributed by atoms with Crippen LogP contribution in [0.2, 0.25) is 0 Å². The highest BCUT2D eigenvalue weighted by atomic mass is 16.5. The maximum atomic E-state index is 5.15. The Morgan fingerprint density at radius 2 is 1.17 bits per heavy atom. The summed E-state index contributed by atoms with van der Waals surface area (Å²) in [4.78, 5) is 0. The Bertz CT molecular complexity index is 81.8. The Kier molecular flexibility index (Phi) is 7.51. The Morgan fingerprint density at radius 1 is 0.833 bits per heavy atom. The van der Waals surface area contributed by atoms with E-state index >= 15 is 0 Å². The molecule has 0 saturated heterocycles. The summed E-state index contributed by atoms with van der Waals surface area (Å²) in [6, 6.07) is 0. The van der Waals surface area contributed by atoms with Crippen molar-refractivity contribution in [1.29, 1.82) is 0 Å². The molecule has 0 rings (SSSR count). The van der Waals surface area contributed by atoms with Gasteiger partial charge in [0.25, 0.3) is 0 Å². The Morgan fingerprint density at radius 3 is 1.42 bits per heavy atom. The molecule has 0 aromatic rings. The van der Waals surface area contributed by atoms with Gasteiger partial charge in [-0.15, -0.1) is 0 Å². The Balaban J connectivity index is 3.10. The predicted molar refractivity (Wildman–Crippen MR) is 51.4 cm³/mol. The molecule has 0 amide bonds. The Hall–Kier alpha value is -0.0800. The minimum atomic E-state index is 0.405. The summed E-state index contributed by atoms with van der Waals surface area (Å²) in [7, 11) is 3.53. The zero-order valence-electron chi connectivity index (χ0n) is 8.80. The molecule has 0 N–H and O–H groups in total. The van der Waals surface area contributed by atoms with Crippen LogP contribution in [0.5, 0.6) is 0 Å². The zero-order valence-corrected chi connectivity index (χ0v) is 8.80. The van der Waals surface area contributed by atoms with Crippen LogP contribution in [0.25, 0.3) is 0 Å². The van der Waals surface area contributed by atoms with Crippen LogP contribution >= 0.6 is 0 Å². The van der Waals surface area contributed by atoms with Gasteiger partial charge in [-0.3, -0.25) is 0 Å². The molecule has 74 valence electrons. The lowest BCUT2D eigenvalue weighted by molar-refractivity contribution is 0.0962. The predicted octanol–water partition coefficient (Wildman–Crippen LogP) is 2.62. The van der Waals surface area contributed by atoms with Gasteiger partial charge in [0.2, 0.25) is 0 Å². The molecule has 0 radical (unpaired) electrons. The quantitative estimate of drug-likeness (QED) is 0.552. The highest BCUT2D eigenvalue weighted by molar-refractivity contribution is 4.53. The number of methoxy groups -OCH3 is 2. The van der Waals surface area contributed by atoms with Crippen molar-refractivity contribution in [2.24, 2.45) is 0 Å². The summed E-state index contributed by atoms with van der Waals surface area (Å²) in [6.45, 7) is 4.22. The molecule has 0 fully saturated rings. The summed E-state index contributed by atoms with van der Waals surface area (Å²) in [5.41, 5.74) is 0. The summed E-state index contributed by atoms with van der Waals surface area (Å²) in [5, 5.41) is 0. The van der Waals surface area contributed by atoms with Crippen molar-refractivity contribution in [3.63, 3.8) is 0 Å². The average Bonchev–Trinajstić information content (AvgIpc) is 2.11. The summed E-state index contributed by atoms with van der Waals surface area (Å²) < 4.78 is 10.3. The fourth-order valence-electron chi connectivity index (χ4n) is 1.10. The van der Waals surface area contributed by atoms with E-state index in [0.29, 0.717) is 12.2 Å². The molecule has 0 heterocycles. The fourth-order valence-corrected chi connectivity index (χ4v) is 1.10. The van der Waals surface area contributed by atoms with Gasteiger partial charge in [0.15, 0.2) is 0 Å². The second-order valence-corrected chi connectivity index (χ2v) is 3.38. The zero-order chi connectivity index (χ0) is 9.40. The molecule has 0 bridgehead atoms. The maximum absolute atomic E-state index is 5.15. The van der Waals surface area contributed by atoms with E-state index in [-0.39, 0.29) is 0 Å². The maximum Gasteiger partial charge on any atom is 0.0543 e. The highest BCUT2D eigenvalue weighted by Crippen LogP contribution is 2.08. The van der Waals surface area contributed by atoms with E-state index in [1.807, 2.05) is 0 Å². The summed E-state index contributed by atoms with van der Waals surface area (Å²) in [6.07, 6.45) is 5.61.